The molecule has 7 heteroatoms. The lowest BCUT2D eigenvalue weighted by atomic mass is 10.1. The van der Waals surface area contributed by atoms with Gasteiger partial charge in [0.2, 0.25) is 5.75 Å². The fourth-order valence-electron chi connectivity index (χ4n) is 3.57. The van der Waals surface area contributed by atoms with Crippen molar-refractivity contribution in [3.05, 3.63) is 41.5 Å². The molecule has 1 aliphatic rings. The Labute approximate surface area is 172 Å². The Morgan fingerprint density at radius 3 is 2.03 bits per heavy atom. The molecule has 1 fully saturated rings. The van der Waals surface area contributed by atoms with Crippen molar-refractivity contribution in [3.63, 3.8) is 0 Å². The highest BCUT2D eigenvalue weighted by molar-refractivity contribution is 5.90. The van der Waals surface area contributed by atoms with E-state index in [9.17, 15) is 4.79 Å². The van der Waals surface area contributed by atoms with Gasteiger partial charge in [-0.25, -0.2) is 4.79 Å². The molecule has 1 saturated heterocycles. The van der Waals surface area contributed by atoms with Gasteiger partial charge < -0.3 is 29.3 Å². The summed E-state index contributed by atoms with van der Waals surface area (Å²) in [6.07, 6.45) is 0. The average molecular weight is 399 g/mol. The van der Waals surface area contributed by atoms with Crippen LogP contribution in [0.2, 0.25) is 0 Å². The quantitative estimate of drug-likeness (QED) is 0.831. The molecule has 7 nitrogen and oxygen atoms in total. The zero-order valence-electron chi connectivity index (χ0n) is 17.7. The number of nitrogens with one attached hydrogen (secondary N) is 1. The van der Waals surface area contributed by atoms with Crippen molar-refractivity contribution in [2.24, 2.45) is 0 Å². The van der Waals surface area contributed by atoms with Gasteiger partial charge in [-0.1, -0.05) is 17.7 Å². The fourth-order valence-corrected chi connectivity index (χ4v) is 3.57. The molecule has 0 radical (unpaired) electrons. The SMILES string of the molecule is COc1cc(N2CCN(C(=O)Nc3ccc(C)cc3C)CC2)cc(OC)c1OC. The van der Waals surface area contributed by atoms with E-state index in [0.29, 0.717) is 30.3 Å². The number of carbonyl (C=O) groups excluding carboxylic acids is 1. The highest BCUT2D eigenvalue weighted by atomic mass is 16.5. The molecule has 0 spiro atoms. The highest BCUT2D eigenvalue weighted by Crippen LogP contribution is 2.41. The second kappa shape index (κ2) is 8.94. The van der Waals surface area contributed by atoms with Crippen LogP contribution in [-0.4, -0.2) is 58.4 Å². The molecule has 3 rings (SSSR count). The van der Waals surface area contributed by atoms with Crippen molar-refractivity contribution < 1.29 is 19.0 Å². The molecule has 2 amide bonds. The number of nitrogens with zero attached hydrogens (tertiary/aromatic N) is 2. The first-order valence-corrected chi connectivity index (χ1v) is 9.65. The van der Waals surface area contributed by atoms with E-state index in [4.69, 9.17) is 14.2 Å². The number of piperazine rings is 1. The number of methoxy groups -OCH3 is 3. The molecule has 2 aromatic carbocycles. The van der Waals surface area contributed by atoms with Crippen LogP contribution in [0.15, 0.2) is 30.3 Å². The minimum absolute atomic E-state index is 0.0681. The van der Waals surface area contributed by atoms with E-state index >= 15 is 0 Å². The van der Waals surface area contributed by atoms with E-state index in [0.717, 1.165) is 30.0 Å². The third kappa shape index (κ3) is 4.50. The van der Waals surface area contributed by atoms with E-state index in [1.807, 2.05) is 43.0 Å². The maximum atomic E-state index is 12.7. The Balaban J connectivity index is 1.66. The number of aryl methyl sites for hydroxylation is 2. The molecule has 0 bridgehead atoms. The van der Waals surface area contributed by atoms with Gasteiger partial charge in [0.05, 0.1) is 21.3 Å². The molecule has 2 aromatic rings. The summed E-state index contributed by atoms with van der Waals surface area (Å²) in [5.41, 5.74) is 4.08. The summed E-state index contributed by atoms with van der Waals surface area (Å²) in [6, 6.07) is 9.83. The van der Waals surface area contributed by atoms with Gasteiger partial charge in [0, 0.05) is 49.7 Å². The van der Waals surface area contributed by atoms with E-state index < -0.39 is 0 Å². The van der Waals surface area contributed by atoms with Gasteiger partial charge in [-0.05, 0) is 25.5 Å². The zero-order valence-corrected chi connectivity index (χ0v) is 17.7. The number of hydrogen-bond acceptors (Lipinski definition) is 5. The number of ether oxygens (including phenoxy) is 3. The minimum Gasteiger partial charge on any atom is -0.493 e. The van der Waals surface area contributed by atoms with Gasteiger partial charge >= 0.3 is 6.03 Å². The molecule has 1 aliphatic heterocycles. The number of anilines is 2. The van der Waals surface area contributed by atoms with Crippen molar-refractivity contribution in [2.75, 3.05) is 57.7 Å². The van der Waals surface area contributed by atoms with E-state index in [1.165, 1.54) is 5.56 Å². The minimum atomic E-state index is -0.0681. The van der Waals surface area contributed by atoms with Crippen LogP contribution < -0.4 is 24.4 Å². The topological polar surface area (TPSA) is 63.3 Å². The van der Waals surface area contributed by atoms with Crippen molar-refractivity contribution in [1.82, 2.24) is 4.90 Å². The third-order valence-corrected chi connectivity index (χ3v) is 5.21. The van der Waals surface area contributed by atoms with Gasteiger partial charge in [-0.3, -0.25) is 0 Å². The number of benzene rings is 2. The molecule has 0 atom stereocenters. The Morgan fingerprint density at radius 2 is 1.52 bits per heavy atom. The van der Waals surface area contributed by atoms with Gasteiger partial charge in [-0.15, -0.1) is 0 Å². The van der Waals surface area contributed by atoms with Crippen LogP contribution in [0.25, 0.3) is 0 Å². The Kier molecular flexibility index (Phi) is 6.36. The van der Waals surface area contributed by atoms with Crippen LogP contribution in [0, 0.1) is 13.8 Å². The molecular weight excluding hydrogens is 370 g/mol. The number of rotatable bonds is 5. The predicted molar refractivity (Wildman–Crippen MR) is 115 cm³/mol. The summed E-state index contributed by atoms with van der Waals surface area (Å²) in [7, 11) is 4.81. The third-order valence-electron chi connectivity index (χ3n) is 5.21. The molecule has 0 saturated carbocycles. The van der Waals surface area contributed by atoms with Crippen LogP contribution in [0.5, 0.6) is 17.2 Å². The fraction of sp³-hybridized carbons (Fsp3) is 0.409. The summed E-state index contributed by atoms with van der Waals surface area (Å²) < 4.78 is 16.3. The smallest absolute Gasteiger partial charge is 0.321 e. The second-order valence-electron chi connectivity index (χ2n) is 7.11. The summed E-state index contributed by atoms with van der Waals surface area (Å²) >= 11 is 0. The number of amides is 2. The summed E-state index contributed by atoms with van der Waals surface area (Å²) in [5, 5.41) is 3.03. The van der Waals surface area contributed by atoms with Gasteiger partial charge in [0.1, 0.15) is 0 Å². The summed E-state index contributed by atoms with van der Waals surface area (Å²) in [4.78, 5) is 16.7. The van der Waals surface area contributed by atoms with Crippen molar-refractivity contribution >= 4 is 17.4 Å². The Bertz CT molecular complexity index is 851. The molecular formula is C22H29N3O4. The Hall–Kier alpha value is -3.09. The Morgan fingerprint density at radius 1 is 0.897 bits per heavy atom. The molecule has 0 unspecified atom stereocenters. The molecule has 0 aromatic heterocycles. The normalized spacial score (nSPS) is 13.8. The van der Waals surface area contributed by atoms with Gasteiger partial charge in [0.15, 0.2) is 11.5 Å². The molecule has 156 valence electrons. The summed E-state index contributed by atoms with van der Waals surface area (Å²) in [6.45, 7) is 6.75. The largest absolute Gasteiger partial charge is 0.493 e. The number of carbonyl (C=O) groups is 1. The van der Waals surface area contributed by atoms with Crippen LogP contribution in [0.1, 0.15) is 11.1 Å². The van der Waals surface area contributed by atoms with E-state index in [-0.39, 0.29) is 6.03 Å². The molecule has 1 N–H and O–H groups in total. The molecule has 1 heterocycles. The van der Waals surface area contributed by atoms with Crippen molar-refractivity contribution in [2.45, 2.75) is 13.8 Å². The second-order valence-corrected chi connectivity index (χ2v) is 7.11. The van der Waals surface area contributed by atoms with Gasteiger partial charge in [0.25, 0.3) is 0 Å². The number of urea groups is 1. The van der Waals surface area contributed by atoms with Crippen molar-refractivity contribution in [1.29, 1.82) is 0 Å². The average Bonchev–Trinajstić information content (AvgIpc) is 2.74. The first-order valence-electron chi connectivity index (χ1n) is 9.65. The molecule has 0 aliphatic carbocycles. The maximum Gasteiger partial charge on any atom is 0.321 e. The maximum absolute atomic E-state index is 12.7. The summed E-state index contributed by atoms with van der Waals surface area (Å²) in [5.74, 6) is 1.82. The first-order chi connectivity index (χ1) is 14.0. The van der Waals surface area contributed by atoms with E-state index in [2.05, 4.69) is 16.3 Å². The van der Waals surface area contributed by atoms with Crippen LogP contribution in [0.4, 0.5) is 16.2 Å². The monoisotopic (exact) mass is 399 g/mol. The lowest BCUT2D eigenvalue weighted by Crippen LogP contribution is -2.50. The first kappa shape index (κ1) is 20.6. The number of hydrogen-bond donors (Lipinski definition) is 1. The molecule has 29 heavy (non-hydrogen) atoms. The highest BCUT2D eigenvalue weighted by Gasteiger charge is 2.24. The lowest BCUT2D eigenvalue weighted by Gasteiger charge is -2.36. The van der Waals surface area contributed by atoms with E-state index in [1.54, 1.807) is 21.3 Å². The zero-order chi connectivity index (χ0) is 21.0. The van der Waals surface area contributed by atoms with Crippen molar-refractivity contribution in [3.8, 4) is 17.2 Å². The van der Waals surface area contributed by atoms with Crippen LogP contribution in [-0.2, 0) is 0 Å². The van der Waals surface area contributed by atoms with Gasteiger partial charge in [-0.2, -0.15) is 0 Å². The van der Waals surface area contributed by atoms with Crippen LogP contribution >= 0.6 is 0 Å². The lowest BCUT2D eigenvalue weighted by molar-refractivity contribution is 0.208. The predicted octanol–water partition coefficient (Wildman–Crippen LogP) is 3.68. The van der Waals surface area contributed by atoms with Crippen LogP contribution in [0.3, 0.4) is 0 Å². The standard InChI is InChI=1S/C22H29N3O4/c1-15-6-7-18(16(2)12-15)23-22(26)25-10-8-24(9-11-25)17-13-19(27-3)21(29-5)20(14-17)28-4/h6-7,12-14H,8-11H2,1-5H3,(H,23,26).